The first-order valence-corrected chi connectivity index (χ1v) is 11.7. The van der Waals surface area contributed by atoms with Crippen LogP contribution in [0, 0.1) is 5.92 Å². The molecule has 0 saturated carbocycles. The number of methoxy groups -OCH3 is 1. The molecule has 0 bridgehead atoms. The fourth-order valence-corrected chi connectivity index (χ4v) is 4.73. The highest BCUT2D eigenvalue weighted by Gasteiger charge is 2.32. The number of likely N-dealkylation sites (tertiary alicyclic amines) is 1. The van der Waals surface area contributed by atoms with Crippen LogP contribution in [0.5, 0.6) is 0 Å². The van der Waals surface area contributed by atoms with Crippen molar-refractivity contribution in [3.05, 3.63) is 61.4 Å². The number of carbonyl (C=O) groups excluding carboxylic acids is 1. The molecule has 4 heterocycles. The number of amides is 1. The van der Waals surface area contributed by atoms with Crippen LogP contribution in [0.25, 0.3) is 33.6 Å². The van der Waals surface area contributed by atoms with Gasteiger partial charge >= 0.3 is 0 Å². The zero-order chi connectivity index (χ0) is 24.4. The molecule has 9 heteroatoms. The SMILES string of the molecule is COCC1CN(C(C)=O)CCC1n1cc(-c2cnc(-c3cccc(-c4cnn(C)c4)c3)nc2)cn1. The Morgan fingerprint density at radius 3 is 2.46 bits per heavy atom. The van der Waals surface area contributed by atoms with Gasteiger partial charge in [-0.1, -0.05) is 18.2 Å². The molecule has 2 atom stereocenters. The molecule has 1 saturated heterocycles. The number of hydrogen-bond donors (Lipinski definition) is 0. The van der Waals surface area contributed by atoms with Crippen LogP contribution in [0.4, 0.5) is 0 Å². The van der Waals surface area contributed by atoms with Gasteiger partial charge < -0.3 is 9.64 Å². The first-order chi connectivity index (χ1) is 17.0. The summed E-state index contributed by atoms with van der Waals surface area (Å²) in [7, 11) is 3.60. The molecule has 0 radical (unpaired) electrons. The Bertz CT molecular complexity index is 1310. The van der Waals surface area contributed by atoms with Crippen molar-refractivity contribution < 1.29 is 9.53 Å². The van der Waals surface area contributed by atoms with Gasteiger partial charge in [-0.3, -0.25) is 14.2 Å². The van der Waals surface area contributed by atoms with Crippen LogP contribution in [0.1, 0.15) is 19.4 Å². The maximum atomic E-state index is 11.8. The molecule has 3 aromatic heterocycles. The predicted molar refractivity (Wildman–Crippen MR) is 132 cm³/mol. The van der Waals surface area contributed by atoms with Crippen molar-refractivity contribution in [2.24, 2.45) is 13.0 Å². The van der Waals surface area contributed by atoms with E-state index in [1.54, 1.807) is 18.7 Å². The summed E-state index contributed by atoms with van der Waals surface area (Å²) in [6.45, 7) is 3.61. The molecule has 0 aliphatic carbocycles. The van der Waals surface area contributed by atoms with Gasteiger partial charge in [0.25, 0.3) is 0 Å². The molecule has 2 unspecified atom stereocenters. The van der Waals surface area contributed by atoms with Crippen LogP contribution >= 0.6 is 0 Å². The molecule has 180 valence electrons. The van der Waals surface area contributed by atoms with Gasteiger partial charge in [-0.2, -0.15) is 10.2 Å². The van der Waals surface area contributed by atoms with Crippen LogP contribution < -0.4 is 0 Å². The quantitative estimate of drug-likeness (QED) is 0.428. The zero-order valence-corrected chi connectivity index (χ0v) is 20.2. The van der Waals surface area contributed by atoms with E-state index >= 15 is 0 Å². The standard InChI is InChI=1S/C26H29N7O2/c1-18(34)32-8-7-25(24(15-32)17-35-3)33-16-23(13-30-33)21-10-27-26(28-11-21)20-6-4-5-19(9-20)22-12-29-31(2)14-22/h4-6,9-14,16,24-25H,7-8,15,17H2,1-3H3. The van der Waals surface area contributed by atoms with Crippen LogP contribution in [0.3, 0.4) is 0 Å². The van der Waals surface area contributed by atoms with E-state index in [1.807, 2.05) is 65.9 Å². The van der Waals surface area contributed by atoms with E-state index in [4.69, 9.17) is 4.74 Å². The highest BCUT2D eigenvalue weighted by atomic mass is 16.5. The van der Waals surface area contributed by atoms with Gasteiger partial charge in [0.1, 0.15) is 0 Å². The number of nitrogens with zero attached hydrogens (tertiary/aromatic N) is 7. The van der Waals surface area contributed by atoms with Crippen molar-refractivity contribution in [1.29, 1.82) is 0 Å². The van der Waals surface area contributed by atoms with E-state index in [9.17, 15) is 4.79 Å². The summed E-state index contributed by atoms with van der Waals surface area (Å²) >= 11 is 0. The fraction of sp³-hybridized carbons (Fsp3) is 0.346. The number of aromatic nitrogens is 6. The Hall–Kier alpha value is -3.85. The second kappa shape index (κ2) is 9.79. The molecule has 1 aliphatic rings. The number of benzene rings is 1. The summed E-state index contributed by atoms with van der Waals surface area (Å²) in [6.07, 6.45) is 12.2. The number of ether oxygens (including phenoxy) is 1. The van der Waals surface area contributed by atoms with E-state index in [0.29, 0.717) is 19.0 Å². The summed E-state index contributed by atoms with van der Waals surface area (Å²) < 4.78 is 9.23. The molecule has 1 aliphatic heterocycles. The van der Waals surface area contributed by atoms with Gasteiger partial charge in [-0.05, 0) is 18.1 Å². The topological polar surface area (TPSA) is 91.0 Å². The molecule has 0 N–H and O–H groups in total. The van der Waals surface area contributed by atoms with Crippen molar-refractivity contribution in [2.45, 2.75) is 19.4 Å². The molecule has 1 aromatic carbocycles. The average molecular weight is 472 g/mol. The normalized spacial score (nSPS) is 18.1. The molecular weight excluding hydrogens is 442 g/mol. The van der Waals surface area contributed by atoms with Crippen molar-refractivity contribution in [3.63, 3.8) is 0 Å². The lowest BCUT2D eigenvalue weighted by atomic mass is 9.92. The third-order valence-electron chi connectivity index (χ3n) is 6.61. The Morgan fingerprint density at radius 2 is 1.74 bits per heavy atom. The van der Waals surface area contributed by atoms with Crippen molar-refractivity contribution >= 4 is 5.91 Å². The smallest absolute Gasteiger partial charge is 0.219 e. The molecular formula is C26H29N7O2. The largest absolute Gasteiger partial charge is 0.384 e. The number of rotatable bonds is 6. The summed E-state index contributed by atoms with van der Waals surface area (Å²) in [5, 5.41) is 8.90. The third-order valence-corrected chi connectivity index (χ3v) is 6.61. The summed E-state index contributed by atoms with van der Waals surface area (Å²) in [5.41, 5.74) is 4.96. The van der Waals surface area contributed by atoms with E-state index in [2.05, 4.69) is 32.3 Å². The van der Waals surface area contributed by atoms with Crippen molar-refractivity contribution in [1.82, 2.24) is 34.4 Å². The second-order valence-corrected chi connectivity index (χ2v) is 9.02. The molecule has 1 fully saturated rings. The average Bonchev–Trinajstić information content (AvgIpc) is 3.54. The Kier molecular flexibility index (Phi) is 6.41. The number of carbonyl (C=O) groups is 1. The van der Waals surface area contributed by atoms with Crippen LogP contribution in [-0.4, -0.2) is 67.1 Å². The van der Waals surface area contributed by atoms with Crippen LogP contribution in [0.15, 0.2) is 61.4 Å². The molecule has 9 nitrogen and oxygen atoms in total. The van der Waals surface area contributed by atoms with Gasteiger partial charge in [0.05, 0.1) is 25.0 Å². The van der Waals surface area contributed by atoms with E-state index in [-0.39, 0.29) is 17.9 Å². The lowest BCUT2D eigenvalue weighted by molar-refractivity contribution is -0.131. The Morgan fingerprint density at radius 1 is 1.00 bits per heavy atom. The van der Waals surface area contributed by atoms with Crippen LogP contribution in [0.2, 0.25) is 0 Å². The highest BCUT2D eigenvalue weighted by molar-refractivity contribution is 5.73. The first kappa shape index (κ1) is 22.9. The summed E-state index contributed by atoms with van der Waals surface area (Å²) in [4.78, 5) is 23.0. The lowest BCUT2D eigenvalue weighted by Gasteiger charge is -2.38. The maximum absolute atomic E-state index is 11.8. The Labute approximate surface area is 204 Å². The van der Waals surface area contributed by atoms with Gasteiger partial charge in [0.2, 0.25) is 5.91 Å². The Balaban J connectivity index is 1.34. The third kappa shape index (κ3) is 4.85. The van der Waals surface area contributed by atoms with Crippen molar-refractivity contribution in [3.8, 4) is 33.6 Å². The lowest BCUT2D eigenvalue weighted by Crippen LogP contribution is -2.45. The van der Waals surface area contributed by atoms with Gasteiger partial charge in [0, 0.05) is 87.1 Å². The van der Waals surface area contributed by atoms with Gasteiger partial charge in [0.15, 0.2) is 5.82 Å². The minimum atomic E-state index is 0.105. The first-order valence-electron chi connectivity index (χ1n) is 11.7. The molecule has 4 aromatic rings. The minimum Gasteiger partial charge on any atom is -0.384 e. The van der Waals surface area contributed by atoms with E-state index in [1.165, 1.54) is 0 Å². The predicted octanol–water partition coefficient (Wildman–Crippen LogP) is 3.46. The molecule has 5 rings (SSSR count). The molecule has 0 spiro atoms. The van der Waals surface area contributed by atoms with Crippen LogP contribution in [-0.2, 0) is 16.6 Å². The minimum absolute atomic E-state index is 0.105. The zero-order valence-electron chi connectivity index (χ0n) is 20.2. The highest BCUT2D eigenvalue weighted by Crippen LogP contribution is 2.30. The van der Waals surface area contributed by atoms with Gasteiger partial charge in [-0.15, -0.1) is 0 Å². The summed E-state index contributed by atoms with van der Waals surface area (Å²) in [6, 6.07) is 8.33. The number of piperidine rings is 1. The second-order valence-electron chi connectivity index (χ2n) is 9.02. The van der Waals surface area contributed by atoms with E-state index < -0.39 is 0 Å². The molecule has 35 heavy (non-hydrogen) atoms. The monoisotopic (exact) mass is 471 g/mol. The number of aryl methyl sites for hydroxylation is 1. The number of hydrogen-bond acceptors (Lipinski definition) is 6. The van der Waals surface area contributed by atoms with E-state index in [0.717, 1.165) is 40.8 Å². The fourth-order valence-electron chi connectivity index (χ4n) is 4.73. The van der Waals surface area contributed by atoms with Gasteiger partial charge in [-0.25, -0.2) is 9.97 Å². The maximum Gasteiger partial charge on any atom is 0.219 e. The molecule has 1 amide bonds. The van der Waals surface area contributed by atoms with Crippen molar-refractivity contribution in [2.75, 3.05) is 26.8 Å². The summed E-state index contributed by atoms with van der Waals surface area (Å²) in [5.74, 6) is 0.966.